The highest BCUT2D eigenvalue weighted by molar-refractivity contribution is 5.94. The summed E-state index contributed by atoms with van der Waals surface area (Å²) in [4.78, 5) is 20.4. The van der Waals surface area contributed by atoms with Crippen molar-refractivity contribution in [3.05, 3.63) is 36.3 Å². The minimum atomic E-state index is -0.344. The van der Waals surface area contributed by atoms with Crippen LogP contribution in [0.3, 0.4) is 0 Å². The highest BCUT2D eigenvalue weighted by Crippen LogP contribution is 2.26. The van der Waals surface area contributed by atoms with Gasteiger partial charge in [-0.05, 0) is 44.0 Å². The molecular formula is C17H17N5O3. The topological polar surface area (TPSA) is 102 Å². The predicted octanol–water partition coefficient (Wildman–Crippen LogP) is 2.79. The molecule has 4 rings (SSSR count). The van der Waals surface area contributed by atoms with E-state index in [4.69, 9.17) is 9.26 Å². The van der Waals surface area contributed by atoms with Crippen molar-refractivity contribution in [3.63, 3.8) is 0 Å². The Labute approximate surface area is 143 Å². The van der Waals surface area contributed by atoms with Gasteiger partial charge in [0.1, 0.15) is 23.6 Å². The summed E-state index contributed by atoms with van der Waals surface area (Å²) in [5, 5.41) is 10.7. The van der Waals surface area contributed by atoms with E-state index in [9.17, 15) is 4.79 Å². The Morgan fingerprint density at radius 2 is 2.00 bits per heavy atom. The number of nitrogens with one attached hydrogen (secondary N) is 2. The Morgan fingerprint density at radius 1 is 1.20 bits per heavy atom. The summed E-state index contributed by atoms with van der Waals surface area (Å²) >= 11 is 0. The van der Waals surface area contributed by atoms with Gasteiger partial charge in [0.25, 0.3) is 11.6 Å². The average Bonchev–Trinajstić information content (AvgIpc) is 3.28. The molecule has 1 fully saturated rings. The van der Waals surface area contributed by atoms with Crippen LogP contribution in [0.1, 0.15) is 18.5 Å². The van der Waals surface area contributed by atoms with Gasteiger partial charge in [0.05, 0.1) is 5.69 Å². The maximum absolute atomic E-state index is 12.1. The number of carbonyl (C=O) groups excluding carboxylic acids is 1. The molecule has 2 aromatic heterocycles. The second kappa shape index (κ2) is 6.48. The molecule has 3 heterocycles. The molecule has 8 heteroatoms. The first kappa shape index (κ1) is 15.5. The molecule has 1 amide bonds. The number of anilines is 3. The molecule has 1 aliphatic heterocycles. The van der Waals surface area contributed by atoms with Gasteiger partial charge in [-0.25, -0.2) is 4.98 Å². The van der Waals surface area contributed by atoms with Crippen molar-refractivity contribution in [1.82, 2.24) is 15.1 Å². The molecule has 0 unspecified atom stereocenters. The Bertz CT molecular complexity index is 900. The molecule has 0 saturated carbocycles. The van der Waals surface area contributed by atoms with E-state index in [1.54, 1.807) is 0 Å². The third kappa shape index (κ3) is 3.16. The highest BCUT2D eigenvalue weighted by atomic mass is 16.5. The van der Waals surface area contributed by atoms with Gasteiger partial charge in [0.15, 0.2) is 0 Å². The molecule has 25 heavy (non-hydrogen) atoms. The summed E-state index contributed by atoms with van der Waals surface area (Å²) in [6, 6.07) is 7.38. The van der Waals surface area contributed by atoms with Crippen LogP contribution < -0.4 is 10.6 Å². The zero-order valence-corrected chi connectivity index (χ0v) is 13.7. The smallest absolute Gasteiger partial charge is 0.263 e. The number of aryl methyl sites for hydroxylation is 1. The predicted molar refractivity (Wildman–Crippen MR) is 91.7 cm³/mol. The second-order valence-electron chi connectivity index (χ2n) is 5.86. The van der Waals surface area contributed by atoms with Crippen molar-refractivity contribution in [2.45, 2.75) is 25.9 Å². The first-order valence-corrected chi connectivity index (χ1v) is 8.07. The maximum Gasteiger partial charge on any atom is 0.263 e. The van der Waals surface area contributed by atoms with Gasteiger partial charge in [-0.1, -0.05) is 5.16 Å². The van der Waals surface area contributed by atoms with Crippen LogP contribution in [0.25, 0.3) is 11.1 Å². The highest BCUT2D eigenvalue weighted by Gasteiger charge is 2.23. The molecule has 128 valence electrons. The summed E-state index contributed by atoms with van der Waals surface area (Å²) in [7, 11) is 0. The number of ether oxygens (including phenoxy) is 1. The van der Waals surface area contributed by atoms with Crippen LogP contribution in [0.15, 0.2) is 35.1 Å². The summed E-state index contributed by atoms with van der Waals surface area (Å²) in [6.45, 7) is 2.49. The molecule has 0 bridgehead atoms. The molecule has 8 nitrogen and oxygen atoms in total. The zero-order valence-electron chi connectivity index (χ0n) is 13.7. The normalized spacial score (nSPS) is 16.9. The molecule has 1 aliphatic rings. The Kier molecular flexibility index (Phi) is 4.02. The fourth-order valence-electron chi connectivity index (χ4n) is 2.80. The number of hydrogen-bond donors (Lipinski definition) is 2. The molecule has 0 aliphatic carbocycles. The maximum atomic E-state index is 12.1. The van der Waals surface area contributed by atoms with Crippen molar-refractivity contribution in [2.24, 2.45) is 0 Å². The van der Waals surface area contributed by atoms with Crippen molar-refractivity contribution in [2.75, 3.05) is 17.2 Å². The monoisotopic (exact) mass is 339 g/mol. The van der Waals surface area contributed by atoms with Crippen LogP contribution in [0, 0.1) is 6.92 Å². The standard InChI is InChI=1S/C17H17N5O3/c1-10-14-15(18-9-19-17(14)25-22-10)20-11-4-6-12(7-5-11)21-16(23)13-3-2-8-24-13/h4-7,9,13H,2-3,8H2,1H3,(H,21,23)(H,18,19,20)/t13-/m0/s1. The van der Waals surface area contributed by atoms with Gasteiger partial charge in [-0.2, -0.15) is 4.98 Å². The lowest BCUT2D eigenvalue weighted by Gasteiger charge is -2.11. The van der Waals surface area contributed by atoms with Gasteiger partial charge in [0.2, 0.25) is 0 Å². The number of carbonyl (C=O) groups is 1. The number of aromatic nitrogens is 3. The van der Waals surface area contributed by atoms with Crippen LogP contribution in [-0.2, 0) is 9.53 Å². The Hall–Kier alpha value is -3.00. The average molecular weight is 339 g/mol. The van der Waals surface area contributed by atoms with Gasteiger partial charge in [0, 0.05) is 18.0 Å². The van der Waals surface area contributed by atoms with Gasteiger partial charge in [-0.3, -0.25) is 4.79 Å². The summed E-state index contributed by atoms with van der Waals surface area (Å²) in [5.41, 5.74) is 2.71. The third-order valence-corrected chi connectivity index (χ3v) is 4.08. The number of nitrogens with zero attached hydrogens (tertiary/aromatic N) is 3. The SMILES string of the molecule is Cc1noc2ncnc(Nc3ccc(NC(=O)[C@@H]4CCCO4)cc3)c12. The summed E-state index contributed by atoms with van der Waals surface area (Å²) in [6.07, 6.45) is 2.78. The quantitative estimate of drug-likeness (QED) is 0.753. The van der Waals surface area contributed by atoms with E-state index in [0.717, 1.165) is 35.3 Å². The minimum Gasteiger partial charge on any atom is -0.368 e. The van der Waals surface area contributed by atoms with E-state index in [1.165, 1.54) is 6.33 Å². The van der Waals surface area contributed by atoms with Gasteiger partial charge < -0.3 is 19.9 Å². The molecule has 0 spiro atoms. The minimum absolute atomic E-state index is 0.101. The number of amides is 1. The summed E-state index contributed by atoms with van der Waals surface area (Å²) in [5.74, 6) is 0.524. The molecule has 0 radical (unpaired) electrons. The van der Waals surface area contributed by atoms with E-state index < -0.39 is 0 Å². The van der Waals surface area contributed by atoms with Crippen molar-refractivity contribution in [3.8, 4) is 0 Å². The van der Waals surface area contributed by atoms with Crippen molar-refractivity contribution in [1.29, 1.82) is 0 Å². The lowest BCUT2D eigenvalue weighted by atomic mass is 10.2. The first-order valence-electron chi connectivity index (χ1n) is 8.07. The van der Waals surface area contributed by atoms with Crippen LogP contribution >= 0.6 is 0 Å². The third-order valence-electron chi connectivity index (χ3n) is 4.08. The molecular weight excluding hydrogens is 322 g/mol. The number of hydrogen-bond acceptors (Lipinski definition) is 7. The van der Waals surface area contributed by atoms with E-state index in [2.05, 4.69) is 25.8 Å². The second-order valence-corrected chi connectivity index (χ2v) is 5.86. The van der Waals surface area contributed by atoms with Gasteiger partial charge >= 0.3 is 0 Å². The van der Waals surface area contributed by atoms with E-state index >= 15 is 0 Å². The lowest BCUT2D eigenvalue weighted by Crippen LogP contribution is -2.26. The fraction of sp³-hybridized carbons (Fsp3) is 0.294. The van der Waals surface area contributed by atoms with E-state index in [1.807, 2.05) is 31.2 Å². The zero-order chi connectivity index (χ0) is 17.2. The van der Waals surface area contributed by atoms with Crippen LogP contribution in [-0.4, -0.2) is 33.7 Å². The first-order chi connectivity index (χ1) is 12.2. The van der Waals surface area contributed by atoms with E-state index in [0.29, 0.717) is 18.1 Å². The van der Waals surface area contributed by atoms with Gasteiger partial charge in [-0.15, -0.1) is 0 Å². The molecule has 1 aromatic carbocycles. The largest absolute Gasteiger partial charge is 0.368 e. The van der Waals surface area contributed by atoms with Crippen molar-refractivity contribution >= 4 is 34.2 Å². The summed E-state index contributed by atoms with van der Waals surface area (Å²) < 4.78 is 10.5. The van der Waals surface area contributed by atoms with Crippen molar-refractivity contribution < 1.29 is 14.1 Å². The molecule has 1 atom stereocenters. The molecule has 1 saturated heterocycles. The molecule has 2 N–H and O–H groups in total. The Balaban J connectivity index is 1.48. The van der Waals surface area contributed by atoms with Crippen LogP contribution in [0.5, 0.6) is 0 Å². The number of benzene rings is 1. The Morgan fingerprint density at radius 3 is 2.76 bits per heavy atom. The van der Waals surface area contributed by atoms with E-state index in [-0.39, 0.29) is 12.0 Å². The fourth-order valence-corrected chi connectivity index (χ4v) is 2.80. The lowest BCUT2D eigenvalue weighted by molar-refractivity contribution is -0.124. The van der Waals surface area contributed by atoms with Crippen LogP contribution in [0.4, 0.5) is 17.2 Å². The van der Waals surface area contributed by atoms with Crippen LogP contribution in [0.2, 0.25) is 0 Å². The number of rotatable bonds is 4. The number of fused-ring (bicyclic) bond motifs is 1. The molecule has 3 aromatic rings.